The van der Waals surface area contributed by atoms with Crippen molar-refractivity contribution in [1.29, 1.82) is 0 Å². The van der Waals surface area contributed by atoms with Crippen LogP contribution in [0.25, 0.3) is 0 Å². The number of ether oxygens (including phenoxy) is 1. The number of carbonyl (C=O) groups is 1. The van der Waals surface area contributed by atoms with Gasteiger partial charge in [-0.25, -0.2) is 9.78 Å². The summed E-state index contributed by atoms with van der Waals surface area (Å²) in [5.74, 6) is 0.944. The molecule has 120 valence electrons. The Bertz CT molecular complexity index is 684. The topological polar surface area (TPSA) is 76.1 Å². The highest BCUT2D eigenvalue weighted by Gasteiger charge is 2.15. The molecule has 6 heteroatoms. The fourth-order valence-electron chi connectivity index (χ4n) is 2.75. The number of hydrogen-bond acceptors (Lipinski definition) is 6. The van der Waals surface area contributed by atoms with Crippen LogP contribution in [0.5, 0.6) is 0 Å². The first-order valence-electron chi connectivity index (χ1n) is 7.79. The zero-order chi connectivity index (χ0) is 16.1. The van der Waals surface area contributed by atoms with Gasteiger partial charge in [0, 0.05) is 17.9 Å². The molecule has 0 amide bonds. The van der Waals surface area contributed by atoms with E-state index in [1.54, 1.807) is 24.4 Å². The highest BCUT2D eigenvalue weighted by Crippen LogP contribution is 2.22. The van der Waals surface area contributed by atoms with Crippen molar-refractivity contribution in [1.82, 2.24) is 9.97 Å². The van der Waals surface area contributed by atoms with Crippen LogP contribution in [0.3, 0.4) is 0 Å². The van der Waals surface area contributed by atoms with Crippen molar-refractivity contribution in [3.05, 3.63) is 42.1 Å². The summed E-state index contributed by atoms with van der Waals surface area (Å²) in [6, 6.07) is 9.43. The molecule has 1 fully saturated rings. The Morgan fingerprint density at radius 1 is 1.26 bits per heavy atom. The van der Waals surface area contributed by atoms with Crippen molar-refractivity contribution >= 4 is 23.4 Å². The molecular formula is C17H20N4O2. The fourth-order valence-corrected chi connectivity index (χ4v) is 2.75. The van der Waals surface area contributed by atoms with Crippen molar-refractivity contribution in [3.8, 4) is 0 Å². The summed E-state index contributed by atoms with van der Waals surface area (Å²) in [6.07, 6.45) is 6.64. The number of carbonyl (C=O) groups excluding carboxylic acids is 1. The number of nitrogens with zero attached hydrogens (tertiary/aromatic N) is 2. The minimum absolute atomic E-state index is 0.369. The van der Waals surface area contributed by atoms with Crippen LogP contribution in [-0.4, -0.2) is 29.1 Å². The van der Waals surface area contributed by atoms with Crippen LogP contribution in [0.15, 0.2) is 36.5 Å². The van der Waals surface area contributed by atoms with Crippen LogP contribution in [-0.2, 0) is 4.74 Å². The summed E-state index contributed by atoms with van der Waals surface area (Å²) < 4.78 is 4.73. The molecule has 1 saturated carbocycles. The SMILES string of the molecule is COC(=O)c1cccc(Nc2nccc(NC3CCCC3)n2)c1. The zero-order valence-electron chi connectivity index (χ0n) is 13.1. The lowest BCUT2D eigenvalue weighted by Gasteiger charge is -2.13. The van der Waals surface area contributed by atoms with Gasteiger partial charge in [0.25, 0.3) is 0 Å². The van der Waals surface area contributed by atoms with E-state index in [4.69, 9.17) is 4.74 Å². The van der Waals surface area contributed by atoms with E-state index in [1.165, 1.54) is 32.8 Å². The van der Waals surface area contributed by atoms with E-state index in [0.29, 0.717) is 17.6 Å². The van der Waals surface area contributed by atoms with Crippen LogP contribution in [0.2, 0.25) is 0 Å². The molecule has 0 bridgehead atoms. The maximum Gasteiger partial charge on any atom is 0.337 e. The molecule has 1 heterocycles. The first-order valence-corrected chi connectivity index (χ1v) is 7.79. The molecule has 0 atom stereocenters. The average molecular weight is 312 g/mol. The maximum absolute atomic E-state index is 11.6. The van der Waals surface area contributed by atoms with E-state index in [2.05, 4.69) is 20.6 Å². The molecular weight excluding hydrogens is 292 g/mol. The second-order valence-corrected chi connectivity index (χ2v) is 5.59. The van der Waals surface area contributed by atoms with Crippen LogP contribution in [0, 0.1) is 0 Å². The van der Waals surface area contributed by atoms with E-state index in [0.717, 1.165) is 11.5 Å². The third kappa shape index (κ3) is 3.97. The van der Waals surface area contributed by atoms with Crippen molar-refractivity contribution in [2.45, 2.75) is 31.7 Å². The van der Waals surface area contributed by atoms with E-state index in [-0.39, 0.29) is 5.97 Å². The number of nitrogens with one attached hydrogen (secondary N) is 2. The Kier molecular flexibility index (Phi) is 4.71. The van der Waals surface area contributed by atoms with E-state index >= 15 is 0 Å². The van der Waals surface area contributed by atoms with Crippen LogP contribution in [0.4, 0.5) is 17.5 Å². The molecule has 0 aliphatic heterocycles. The molecule has 1 aliphatic rings. The third-order valence-corrected chi connectivity index (χ3v) is 3.90. The lowest BCUT2D eigenvalue weighted by molar-refractivity contribution is 0.0601. The third-order valence-electron chi connectivity index (χ3n) is 3.90. The quantitative estimate of drug-likeness (QED) is 0.825. The predicted molar refractivity (Wildman–Crippen MR) is 89.0 cm³/mol. The van der Waals surface area contributed by atoms with E-state index < -0.39 is 0 Å². The summed E-state index contributed by atoms with van der Waals surface area (Å²) in [5.41, 5.74) is 1.23. The molecule has 3 rings (SSSR count). The number of hydrogen-bond donors (Lipinski definition) is 2. The largest absolute Gasteiger partial charge is 0.465 e. The minimum atomic E-state index is -0.369. The summed E-state index contributed by atoms with van der Waals surface area (Å²) in [6.45, 7) is 0. The molecule has 1 aromatic carbocycles. The molecule has 0 spiro atoms. The standard InChI is InChI=1S/C17H20N4O2/c1-23-16(22)12-5-4-8-14(11-12)20-17-18-10-9-15(21-17)19-13-6-2-3-7-13/h4-5,8-11,13H,2-3,6-7H2,1H3,(H2,18,19,20,21). The molecule has 0 unspecified atom stereocenters. The van der Waals surface area contributed by atoms with Gasteiger partial charge in [-0.15, -0.1) is 0 Å². The zero-order valence-corrected chi connectivity index (χ0v) is 13.1. The number of benzene rings is 1. The second-order valence-electron chi connectivity index (χ2n) is 5.59. The summed E-state index contributed by atoms with van der Waals surface area (Å²) in [7, 11) is 1.36. The van der Waals surface area contributed by atoms with Gasteiger partial charge in [-0.2, -0.15) is 4.98 Å². The highest BCUT2D eigenvalue weighted by molar-refractivity contribution is 5.90. The first kappa shape index (κ1) is 15.3. The van der Waals surface area contributed by atoms with Gasteiger partial charge in [-0.05, 0) is 37.1 Å². The van der Waals surface area contributed by atoms with Gasteiger partial charge in [0.2, 0.25) is 5.95 Å². The minimum Gasteiger partial charge on any atom is -0.465 e. The van der Waals surface area contributed by atoms with Crippen LogP contribution >= 0.6 is 0 Å². The fraction of sp³-hybridized carbons (Fsp3) is 0.353. The van der Waals surface area contributed by atoms with Gasteiger partial charge in [0.15, 0.2) is 0 Å². The number of methoxy groups -OCH3 is 1. The number of anilines is 3. The molecule has 6 nitrogen and oxygen atoms in total. The monoisotopic (exact) mass is 312 g/mol. The van der Waals surface area contributed by atoms with Crippen molar-refractivity contribution < 1.29 is 9.53 Å². The molecule has 2 N–H and O–H groups in total. The lowest BCUT2D eigenvalue weighted by atomic mass is 10.2. The molecule has 2 aromatic rings. The van der Waals surface area contributed by atoms with Crippen molar-refractivity contribution in [2.75, 3.05) is 17.7 Å². The molecule has 23 heavy (non-hydrogen) atoms. The molecule has 1 aromatic heterocycles. The van der Waals surface area contributed by atoms with Gasteiger partial charge in [0.05, 0.1) is 12.7 Å². The number of rotatable bonds is 5. The van der Waals surface area contributed by atoms with Gasteiger partial charge in [-0.1, -0.05) is 18.9 Å². The average Bonchev–Trinajstić information content (AvgIpc) is 3.07. The first-order chi connectivity index (χ1) is 11.2. The Morgan fingerprint density at radius 2 is 2.09 bits per heavy atom. The number of aromatic nitrogens is 2. The smallest absolute Gasteiger partial charge is 0.337 e. The Balaban J connectivity index is 1.71. The normalized spacial score (nSPS) is 14.5. The molecule has 0 radical (unpaired) electrons. The maximum atomic E-state index is 11.6. The van der Waals surface area contributed by atoms with Crippen LogP contribution in [0.1, 0.15) is 36.0 Å². The molecule has 1 aliphatic carbocycles. The van der Waals surface area contributed by atoms with E-state index in [1.807, 2.05) is 12.1 Å². The van der Waals surface area contributed by atoms with Gasteiger partial charge < -0.3 is 15.4 Å². The van der Waals surface area contributed by atoms with Crippen molar-refractivity contribution in [2.24, 2.45) is 0 Å². The number of esters is 1. The van der Waals surface area contributed by atoms with Crippen molar-refractivity contribution in [3.63, 3.8) is 0 Å². The van der Waals surface area contributed by atoms with Gasteiger partial charge >= 0.3 is 5.97 Å². The predicted octanol–water partition coefficient (Wildman–Crippen LogP) is 3.36. The van der Waals surface area contributed by atoms with Crippen LogP contribution < -0.4 is 10.6 Å². The highest BCUT2D eigenvalue weighted by atomic mass is 16.5. The Hall–Kier alpha value is -2.63. The van der Waals surface area contributed by atoms with Gasteiger partial charge in [0.1, 0.15) is 5.82 Å². The summed E-state index contributed by atoms with van der Waals surface area (Å²) in [4.78, 5) is 20.3. The Labute approximate surface area is 135 Å². The van der Waals surface area contributed by atoms with Gasteiger partial charge in [-0.3, -0.25) is 0 Å². The Morgan fingerprint density at radius 3 is 2.87 bits per heavy atom. The summed E-state index contributed by atoms with van der Waals surface area (Å²) >= 11 is 0. The molecule has 0 saturated heterocycles. The lowest BCUT2D eigenvalue weighted by Crippen LogP contribution is -2.15. The summed E-state index contributed by atoms with van der Waals surface area (Å²) in [5, 5.41) is 6.56. The second kappa shape index (κ2) is 7.09. The van der Waals surface area contributed by atoms with E-state index in [9.17, 15) is 4.79 Å².